The molecule has 2 heterocycles. The van der Waals surface area contributed by atoms with Crippen LogP contribution >= 0.6 is 22.7 Å². The van der Waals surface area contributed by atoms with Crippen molar-refractivity contribution in [2.24, 2.45) is 5.92 Å². The van der Waals surface area contributed by atoms with E-state index in [2.05, 4.69) is 17.9 Å². The van der Waals surface area contributed by atoms with Gasteiger partial charge < -0.3 is 9.84 Å². The van der Waals surface area contributed by atoms with E-state index >= 15 is 0 Å². The monoisotopic (exact) mass is 334 g/mol. The summed E-state index contributed by atoms with van der Waals surface area (Å²) in [5.74, 6) is 5.48. The molecule has 0 fully saturated rings. The molecule has 1 unspecified atom stereocenters. The number of hydrogen-bond acceptors (Lipinski definition) is 5. The summed E-state index contributed by atoms with van der Waals surface area (Å²) in [5.41, 5.74) is 0. The van der Waals surface area contributed by atoms with Crippen LogP contribution in [-0.2, 0) is 9.53 Å². The van der Waals surface area contributed by atoms with Crippen molar-refractivity contribution in [1.29, 1.82) is 0 Å². The van der Waals surface area contributed by atoms with Crippen LogP contribution < -0.4 is 0 Å². The molecule has 0 saturated carbocycles. The predicted octanol–water partition coefficient (Wildman–Crippen LogP) is 3.78. The lowest BCUT2D eigenvalue weighted by molar-refractivity contribution is -0.146. The summed E-state index contributed by atoms with van der Waals surface area (Å²) < 4.78 is 5.02. The maximum absolute atomic E-state index is 11.5. The van der Waals surface area contributed by atoms with Gasteiger partial charge in [-0.15, -0.1) is 22.7 Å². The topological polar surface area (TPSA) is 46.5 Å². The van der Waals surface area contributed by atoms with Crippen molar-refractivity contribution in [2.45, 2.75) is 26.4 Å². The molecule has 0 aliphatic rings. The first kappa shape index (κ1) is 16.8. The lowest BCUT2D eigenvalue weighted by atomic mass is 10.2. The van der Waals surface area contributed by atoms with Crippen molar-refractivity contribution in [1.82, 2.24) is 0 Å². The van der Waals surface area contributed by atoms with Crippen molar-refractivity contribution in [3.05, 3.63) is 34.5 Å². The van der Waals surface area contributed by atoms with Crippen LogP contribution in [0.2, 0.25) is 0 Å². The molecule has 0 aliphatic carbocycles. The van der Waals surface area contributed by atoms with Crippen LogP contribution in [0.4, 0.5) is 0 Å². The molecule has 2 aromatic rings. The number of ether oxygens (including phenoxy) is 1. The molecular weight excluding hydrogens is 316 g/mol. The predicted molar refractivity (Wildman–Crippen MR) is 90.9 cm³/mol. The number of rotatable bonds is 5. The van der Waals surface area contributed by atoms with Gasteiger partial charge in [-0.05, 0) is 29.5 Å². The van der Waals surface area contributed by atoms with Crippen LogP contribution in [0.15, 0.2) is 29.6 Å². The highest BCUT2D eigenvalue weighted by Gasteiger charge is 2.10. The average molecular weight is 334 g/mol. The van der Waals surface area contributed by atoms with Gasteiger partial charge in [-0.2, -0.15) is 0 Å². The Morgan fingerprint density at radius 1 is 1.32 bits per heavy atom. The lowest BCUT2D eigenvalue weighted by Crippen LogP contribution is -2.16. The first-order chi connectivity index (χ1) is 10.5. The molecule has 2 aromatic heterocycles. The van der Waals surface area contributed by atoms with E-state index < -0.39 is 12.1 Å². The van der Waals surface area contributed by atoms with Crippen LogP contribution in [0, 0.1) is 17.8 Å². The second-order valence-electron chi connectivity index (χ2n) is 5.21. The fourth-order valence-electron chi connectivity index (χ4n) is 1.64. The van der Waals surface area contributed by atoms with Gasteiger partial charge in [0.2, 0.25) is 0 Å². The summed E-state index contributed by atoms with van der Waals surface area (Å²) >= 11 is 3.26. The second-order valence-corrected chi connectivity index (χ2v) is 7.24. The summed E-state index contributed by atoms with van der Waals surface area (Å²) in [6, 6.07) is 8.02. The van der Waals surface area contributed by atoms with Crippen molar-refractivity contribution < 1.29 is 14.6 Å². The van der Waals surface area contributed by atoms with Crippen LogP contribution in [0.1, 0.15) is 25.1 Å². The first-order valence-corrected chi connectivity index (χ1v) is 8.73. The van der Waals surface area contributed by atoms with Gasteiger partial charge in [0.25, 0.3) is 0 Å². The Morgan fingerprint density at radius 2 is 2.14 bits per heavy atom. The number of carbonyl (C=O) groups is 1. The lowest BCUT2D eigenvalue weighted by Gasteiger charge is -2.07. The van der Waals surface area contributed by atoms with E-state index in [1.165, 1.54) is 4.88 Å². The molecule has 1 atom stereocenters. The number of thiophene rings is 2. The molecule has 0 radical (unpaired) electrons. The summed E-state index contributed by atoms with van der Waals surface area (Å²) in [7, 11) is 0. The molecule has 0 aromatic carbocycles. The maximum Gasteiger partial charge on any atom is 0.309 e. The molecule has 0 spiro atoms. The van der Waals surface area contributed by atoms with Gasteiger partial charge in [-0.1, -0.05) is 31.8 Å². The third-order valence-electron chi connectivity index (χ3n) is 2.67. The Hall–Kier alpha value is -1.61. The number of aliphatic hydroxyl groups excluding tert-OH is 1. The van der Waals surface area contributed by atoms with Gasteiger partial charge in [0.05, 0.1) is 17.9 Å². The Morgan fingerprint density at radius 3 is 2.82 bits per heavy atom. The van der Waals surface area contributed by atoms with Gasteiger partial charge in [-0.25, -0.2) is 0 Å². The Labute approximate surface area is 138 Å². The quantitative estimate of drug-likeness (QED) is 0.669. The average Bonchev–Trinajstić information content (AvgIpc) is 3.13. The summed E-state index contributed by atoms with van der Waals surface area (Å²) in [5, 5.41) is 11.8. The summed E-state index contributed by atoms with van der Waals surface area (Å²) in [4.78, 5) is 14.7. The summed E-state index contributed by atoms with van der Waals surface area (Å²) in [6.07, 6.45) is -1.09. The zero-order valence-corrected chi connectivity index (χ0v) is 14.2. The van der Waals surface area contributed by atoms with Crippen molar-refractivity contribution in [3.8, 4) is 21.6 Å². The van der Waals surface area contributed by atoms with Crippen LogP contribution in [0.5, 0.6) is 0 Å². The van der Waals surface area contributed by atoms with E-state index in [1.54, 1.807) is 22.7 Å². The van der Waals surface area contributed by atoms with E-state index in [0.717, 1.165) is 9.75 Å². The van der Waals surface area contributed by atoms with Crippen LogP contribution in [0.3, 0.4) is 0 Å². The van der Waals surface area contributed by atoms with Gasteiger partial charge in [-0.3, -0.25) is 4.79 Å². The van der Waals surface area contributed by atoms with Gasteiger partial charge in [0, 0.05) is 9.75 Å². The van der Waals surface area contributed by atoms with Crippen molar-refractivity contribution in [2.75, 3.05) is 6.61 Å². The molecule has 0 saturated heterocycles. The Bertz CT molecular complexity index is 660. The highest BCUT2D eigenvalue weighted by atomic mass is 32.1. The fraction of sp³-hybridized carbons (Fsp3) is 0.353. The van der Waals surface area contributed by atoms with E-state index in [4.69, 9.17) is 4.74 Å². The third kappa shape index (κ3) is 5.30. The largest absolute Gasteiger partial charge is 0.465 e. The molecule has 3 nitrogen and oxygen atoms in total. The van der Waals surface area contributed by atoms with Gasteiger partial charge in [0.1, 0.15) is 6.10 Å². The number of aliphatic hydroxyl groups is 1. The minimum absolute atomic E-state index is 0.0944. The zero-order valence-electron chi connectivity index (χ0n) is 12.5. The molecule has 116 valence electrons. The highest BCUT2D eigenvalue weighted by Crippen LogP contribution is 2.30. The number of hydrogen-bond donors (Lipinski definition) is 1. The van der Waals surface area contributed by atoms with E-state index in [-0.39, 0.29) is 12.3 Å². The SMILES string of the molecule is CC(C)COC(=O)CC(O)C#Cc1ccc(-c2cccs2)s1. The van der Waals surface area contributed by atoms with E-state index in [0.29, 0.717) is 6.61 Å². The third-order valence-corrected chi connectivity index (χ3v) is 4.74. The molecular formula is C17H18O3S2. The molecule has 1 N–H and O–H groups in total. The molecule has 0 bridgehead atoms. The molecule has 0 amide bonds. The molecule has 2 rings (SSSR count). The first-order valence-electron chi connectivity index (χ1n) is 7.03. The number of esters is 1. The Balaban J connectivity index is 1.88. The number of carbonyl (C=O) groups excluding carboxylic acids is 1. The minimum atomic E-state index is -0.994. The molecule has 5 heteroatoms. The standard InChI is InChI=1S/C17H18O3S2/c1-12(2)11-20-17(19)10-13(18)5-6-14-7-8-16(22-14)15-4-3-9-21-15/h3-4,7-9,12-13,18H,10-11H2,1-2H3. The molecule has 0 aliphatic heterocycles. The summed E-state index contributed by atoms with van der Waals surface area (Å²) in [6.45, 7) is 4.30. The van der Waals surface area contributed by atoms with Crippen molar-refractivity contribution in [3.63, 3.8) is 0 Å². The smallest absolute Gasteiger partial charge is 0.309 e. The molecule has 22 heavy (non-hydrogen) atoms. The minimum Gasteiger partial charge on any atom is -0.465 e. The maximum atomic E-state index is 11.5. The van der Waals surface area contributed by atoms with E-state index in [1.807, 2.05) is 37.4 Å². The normalized spacial score (nSPS) is 11.8. The highest BCUT2D eigenvalue weighted by molar-refractivity contribution is 7.21. The fourth-order valence-corrected chi connectivity index (χ4v) is 3.34. The van der Waals surface area contributed by atoms with Gasteiger partial charge >= 0.3 is 5.97 Å². The Kier molecular flexibility index (Phi) is 6.20. The van der Waals surface area contributed by atoms with Crippen molar-refractivity contribution >= 4 is 28.6 Å². The van der Waals surface area contributed by atoms with Crippen LogP contribution in [-0.4, -0.2) is 23.8 Å². The zero-order chi connectivity index (χ0) is 15.9. The van der Waals surface area contributed by atoms with Gasteiger partial charge in [0.15, 0.2) is 0 Å². The van der Waals surface area contributed by atoms with E-state index in [9.17, 15) is 9.90 Å². The second kappa shape index (κ2) is 8.14. The van der Waals surface area contributed by atoms with Crippen LogP contribution in [0.25, 0.3) is 9.75 Å².